The molecule has 0 spiro atoms. The van der Waals surface area contributed by atoms with E-state index < -0.39 is 10.0 Å². The summed E-state index contributed by atoms with van der Waals surface area (Å²) in [7, 11) is -0.0234. The minimum atomic E-state index is -3.63. The summed E-state index contributed by atoms with van der Waals surface area (Å²) in [4.78, 5) is 15.2. The number of methoxy groups -OCH3 is 1. The van der Waals surface area contributed by atoms with Crippen molar-refractivity contribution in [1.82, 2.24) is 14.5 Å². The highest BCUT2D eigenvalue weighted by Gasteiger charge is 2.28. The van der Waals surface area contributed by atoms with Gasteiger partial charge in [-0.25, -0.2) is 8.42 Å². The number of likely N-dealkylation sites (N-methyl/N-ethyl adjacent to an activating group) is 1. The fourth-order valence-electron chi connectivity index (χ4n) is 3.76. The molecule has 0 radical (unpaired) electrons. The van der Waals surface area contributed by atoms with E-state index in [1.807, 2.05) is 39.1 Å². The highest BCUT2D eigenvalue weighted by Crippen LogP contribution is 2.25. The van der Waals surface area contributed by atoms with Crippen molar-refractivity contribution in [3.8, 4) is 5.75 Å². The number of carbonyl (C=O) groups is 1. The van der Waals surface area contributed by atoms with Gasteiger partial charge in [0.15, 0.2) is 0 Å². The van der Waals surface area contributed by atoms with Crippen LogP contribution in [0.3, 0.4) is 0 Å². The Balaban J connectivity index is 1.78. The minimum absolute atomic E-state index is 0.151. The van der Waals surface area contributed by atoms with E-state index in [-0.39, 0.29) is 16.8 Å². The van der Waals surface area contributed by atoms with Crippen LogP contribution in [0.15, 0.2) is 47.4 Å². The molecule has 31 heavy (non-hydrogen) atoms. The van der Waals surface area contributed by atoms with Crippen LogP contribution in [-0.2, 0) is 10.0 Å². The quantitative estimate of drug-likeness (QED) is 0.709. The van der Waals surface area contributed by atoms with Crippen LogP contribution in [0.4, 0.5) is 0 Å². The van der Waals surface area contributed by atoms with Gasteiger partial charge in [0.1, 0.15) is 5.75 Å². The first-order valence-corrected chi connectivity index (χ1v) is 11.9. The molecular weight excluding hydrogens is 414 g/mol. The second-order valence-electron chi connectivity index (χ2n) is 7.90. The van der Waals surface area contributed by atoms with Crippen molar-refractivity contribution >= 4 is 15.9 Å². The zero-order valence-electron chi connectivity index (χ0n) is 18.6. The molecule has 1 fully saturated rings. The van der Waals surface area contributed by atoms with Crippen molar-refractivity contribution in [2.75, 3.05) is 40.3 Å². The second kappa shape index (κ2) is 9.80. The van der Waals surface area contributed by atoms with Crippen molar-refractivity contribution < 1.29 is 17.9 Å². The summed E-state index contributed by atoms with van der Waals surface area (Å²) in [6, 6.07) is 11.9. The number of hydrogen-bond donors (Lipinski definition) is 1. The minimum Gasteiger partial charge on any atom is -0.496 e. The second-order valence-corrected chi connectivity index (χ2v) is 9.84. The first-order chi connectivity index (χ1) is 14.8. The van der Waals surface area contributed by atoms with E-state index in [0.29, 0.717) is 38.2 Å². The van der Waals surface area contributed by atoms with Crippen LogP contribution in [0.1, 0.15) is 40.9 Å². The SMILES string of the molecule is CC[C@@H](NC(=O)c1cccc(S(=O)(=O)N2CCN(C)CC2)c1)c1ccc(OC)c(C)c1. The molecule has 1 amide bonds. The van der Waals surface area contributed by atoms with Crippen LogP contribution in [0.2, 0.25) is 0 Å². The maximum Gasteiger partial charge on any atom is 0.251 e. The van der Waals surface area contributed by atoms with Crippen LogP contribution >= 0.6 is 0 Å². The van der Waals surface area contributed by atoms with Crippen LogP contribution in [0, 0.1) is 6.92 Å². The number of piperazine rings is 1. The van der Waals surface area contributed by atoms with Crippen molar-refractivity contribution in [1.29, 1.82) is 0 Å². The molecule has 1 aliphatic heterocycles. The van der Waals surface area contributed by atoms with Crippen LogP contribution < -0.4 is 10.1 Å². The number of nitrogens with one attached hydrogen (secondary N) is 1. The molecule has 7 nitrogen and oxygen atoms in total. The number of sulfonamides is 1. The molecule has 168 valence electrons. The van der Waals surface area contributed by atoms with Crippen LogP contribution in [0.5, 0.6) is 5.75 Å². The summed E-state index contributed by atoms with van der Waals surface area (Å²) in [6.45, 7) is 6.24. The highest BCUT2D eigenvalue weighted by molar-refractivity contribution is 7.89. The van der Waals surface area contributed by atoms with Gasteiger partial charge in [-0.05, 0) is 55.8 Å². The number of nitrogens with zero attached hydrogens (tertiary/aromatic N) is 2. The van der Waals surface area contributed by atoms with E-state index in [1.54, 1.807) is 25.3 Å². The number of hydrogen-bond acceptors (Lipinski definition) is 5. The standard InChI is InChI=1S/C23H31N3O4S/c1-5-21(18-9-10-22(30-4)17(2)15-18)24-23(27)19-7-6-8-20(16-19)31(28,29)26-13-11-25(3)12-14-26/h6-10,15-16,21H,5,11-14H2,1-4H3,(H,24,27)/t21-/m1/s1. The molecule has 0 saturated carbocycles. The fourth-order valence-corrected chi connectivity index (χ4v) is 5.22. The normalized spacial score (nSPS) is 16.6. The zero-order valence-corrected chi connectivity index (χ0v) is 19.4. The average Bonchev–Trinajstić information content (AvgIpc) is 2.77. The Kier molecular flexibility index (Phi) is 7.35. The number of rotatable bonds is 7. The van der Waals surface area contributed by atoms with Gasteiger partial charge in [-0.3, -0.25) is 4.79 Å². The first kappa shape index (κ1) is 23.2. The third-order valence-corrected chi connectivity index (χ3v) is 7.63. The third kappa shape index (κ3) is 5.26. The van der Waals surface area contributed by atoms with Gasteiger partial charge in [0.25, 0.3) is 5.91 Å². The van der Waals surface area contributed by atoms with E-state index in [0.717, 1.165) is 16.9 Å². The lowest BCUT2D eigenvalue weighted by Crippen LogP contribution is -2.47. The number of ether oxygens (including phenoxy) is 1. The molecule has 0 bridgehead atoms. The molecular formula is C23H31N3O4S. The molecule has 8 heteroatoms. The zero-order chi connectivity index (χ0) is 22.6. The maximum absolute atomic E-state index is 13.0. The molecule has 3 rings (SSSR count). The van der Waals surface area contributed by atoms with Crippen molar-refractivity contribution in [2.45, 2.75) is 31.2 Å². The van der Waals surface area contributed by atoms with Gasteiger partial charge in [-0.15, -0.1) is 0 Å². The van der Waals surface area contributed by atoms with E-state index >= 15 is 0 Å². The summed E-state index contributed by atoms with van der Waals surface area (Å²) >= 11 is 0. The molecule has 1 saturated heterocycles. The van der Waals surface area contributed by atoms with Crippen LogP contribution in [-0.4, -0.2) is 63.9 Å². The van der Waals surface area contributed by atoms with Gasteiger partial charge < -0.3 is 15.0 Å². The predicted octanol–water partition coefficient (Wildman–Crippen LogP) is 2.82. The first-order valence-electron chi connectivity index (χ1n) is 10.5. The molecule has 1 atom stereocenters. The van der Waals surface area contributed by atoms with Gasteiger partial charge in [-0.2, -0.15) is 4.31 Å². The maximum atomic E-state index is 13.0. The predicted molar refractivity (Wildman–Crippen MR) is 121 cm³/mol. The molecule has 1 aliphatic rings. The Labute approximate surface area is 185 Å². The van der Waals surface area contributed by atoms with Gasteiger partial charge in [0.2, 0.25) is 10.0 Å². The Morgan fingerprint density at radius 3 is 2.45 bits per heavy atom. The molecule has 1 heterocycles. The van der Waals surface area contributed by atoms with E-state index in [9.17, 15) is 13.2 Å². The summed E-state index contributed by atoms with van der Waals surface area (Å²) in [5.41, 5.74) is 2.31. The van der Waals surface area contributed by atoms with Crippen LogP contribution in [0.25, 0.3) is 0 Å². The Bertz CT molecular complexity index is 1030. The van der Waals surface area contributed by atoms with E-state index in [2.05, 4.69) is 10.2 Å². The molecule has 0 aromatic heterocycles. The van der Waals surface area contributed by atoms with Gasteiger partial charge in [0, 0.05) is 31.7 Å². The Morgan fingerprint density at radius 2 is 1.84 bits per heavy atom. The van der Waals surface area contributed by atoms with E-state index in [4.69, 9.17) is 4.74 Å². The molecule has 0 aliphatic carbocycles. The fraction of sp³-hybridized carbons (Fsp3) is 0.435. The van der Waals surface area contributed by atoms with Gasteiger partial charge in [0.05, 0.1) is 18.0 Å². The lowest BCUT2D eigenvalue weighted by atomic mass is 10.0. The largest absolute Gasteiger partial charge is 0.496 e. The Hall–Kier alpha value is -2.42. The summed E-state index contributed by atoms with van der Waals surface area (Å²) in [6.07, 6.45) is 0.705. The lowest BCUT2D eigenvalue weighted by Gasteiger charge is -2.31. The molecule has 2 aromatic rings. The highest BCUT2D eigenvalue weighted by atomic mass is 32.2. The molecule has 0 unspecified atom stereocenters. The number of aryl methyl sites for hydroxylation is 1. The number of carbonyl (C=O) groups excluding carboxylic acids is 1. The van der Waals surface area contributed by atoms with Gasteiger partial charge in [-0.1, -0.05) is 25.1 Å². The summed E-state index contributed by atoms with van der Waals surface area (Å²) < 4.78 is 32.9. The summed E-state index contributed by atoms with van der Waals surface area (Å²) in [5.74, 6) is 0.502. The summed E-state index contributed by atoms with van der Waals surface area (Å²) in [5, 5.41) is 3.03. The third-order valence-electron chi connectivity index (χ3n) is 5.73. The number of amides is 1. The monoisotopic (exact) mass is 445 g/mol. The smallest absolute Gasteiger partial charge is 0.251 e. The van der Waals surface area contributed by atoms with Crippen molar-refractivity contribution in [2.24, 2.45) is 0 Å². The topological polar surface area (TPSA) is 79.0 Å². The van der Waals surface area contributed by atoms with Crippen molar-refractivity contribution in [3.63, 3.8) is 0 Å². The molecule has 1 N–H and O–H groups in total. The van der Waals surface area contributed by atoms with Crippen molar-refractivity contribution in [3.05, 3.63) is 59.2 Å². The average molecular weight is 446 g/mol. The van der Waals surface area contributed by atoms with E-state index in [1.165, 1.54) is 10.4 Å². The molecule has 2 aromatic carbocycles. The lowest BCUT2D eigenvalue weighted by molar-refractivity contribution is 0.0935. The number of benzene rings is 2. The van der Waals surface area contributed by atoms with Gasteiger partial charge >= 0.3 is 0 Å². The Morgan fingerprint density at radius 1 is 1.13 bits per heavy atom.